The van der Waals surface area contributed by atoms with Crippen molar-refractivity contribution in [2.45, 2.75) is 25.3 Å². The highest BCUT2D eigenvalue weighted by atomic mass is 16.4. The molecule has 1 aliphatic rings. The van der Waals surface area contributed by atoms with Crippen molar-refractivity contribution >= 4 is 11.9 Å². The molecule has 2 unspecified atom stereocenters. The summed E-state index contributed by atoms with van der Waals surface area (Å²) in [5.41, 5.74) is 0. The molecule has 104 valence electrons. The molecule has 0 aromatic rings. The summed E-state index contributed by atoms with van der Waals surface area (Å²) in [5.74, 6) is -1.72. The van der Waals surface area contributed by atoms with Crippen molar-refractivity contribution in [3.05, 3.63) is 0 Å². The lowest BCUT2D eigenvalue weighted by molar-refractivity contribution is -0.149. The van der Waals surface area contributed by atoms with E-state index in [1.165, 1.54) is 0 Å². The van der Waals surface area contributed by atoms with Crippen molar-refractivity contribution < 1.29 is 19.8 Å². The molecule has 0 aromatic heterocycles. The first-order chi connectivity index (χ1) is 8.40. The molecule has 0 bridgehead atoms. The molecular weight excluding hydrogens is 236 g/mol. The standard InChI is InChI=1S/C12H22N2O4/c1-13-5-3-4-9(7-13)8-14(2)10(12(17)18)6-11(15)16/h9-10H,3-8H2,1-2H3,(H,15,16)(H,17,18). The summed E-state index contributed by atoms with van der Waals surface area (Å²) < 4.78 is 0. The molecule has 1 fully saturated rings. The predicted molar refractivity (Wildman–Crippen MR) is 66.5 cm³/mol. The third-order valence-electron chi connectivity index (χ3n) is 3.45. The third-order valence-corrected chi connectivity index (χ3v) is 3.45. The summed E-state index contributed by atoms with van der Waals surface area (Å²) in [6.07, 6.45) is 1.84. The van der Waals surface area contributed by atoms with Crippen LogP contribution in [0.5, 0.6) is 0 Å². The first kappa shape index (κ1) is 14.9. The molecular formula is C12H22N2O4. The van der Waals surface area contributed by atoms with Crippen LogP contribution in [-0.4, -0.2) is 71.7 Å². The van der Waals surface area contributed by atoms with E-state index in [0.717, 1.165) is 25.9 Å². The molecule has 0 aliphatic carbocycles. The number of nitrogens with zero attached hydrogens (tertiary/aromatic N) is 2. The number of carbonyl (C=O) groups is 2. The van der Waals surface area contributed by atoms with E-state index in [9.17, 15) is 9.59 Å². The van der Waals surface area contributed by atoms with Crippen LogP contribution >= 0.6 is 0 Å². The van der Waals surface area contributed by atoms with Gasteiger partial charge < -0.3 is 15.1 Å². The van der Waals surface area contributed by atoms with Crippen molar-refractivity contribution in [1.29, 1.82) is 0 Å². The Bertz CT molecular complexity index is 308. The maximum atomic E-state index is 11.1. The predicted octanol–water partition coefficient (Wildman–Crippen LogP) is 0.188. The van der Waals surface area contributed by atoms with Crippen LogP contribution in [0.2, 0.25) is 0 Å². The number of carboxylic acids is 2. The van der Waals surface area contributed by atoms with Gasteiger partial charge in [0.15, 0.2) is 0 Å². The Kier molecular flexibility index (Phi) is 5.55. The molecule has 2 atom stereocenters. The lowest BCUT2D eigenvalue weighted by Gasteiger charge is -2.34. The molecule has 0 aromatic carbocycles. The number of hydrogen-bond acceptors (Lipinski definition) is 4. The summed E-state index contributed by atoms with van der Waals surface area (Å²) in [5, 5.41) is 17.8. The second kappa shape index (κ2) is 6.70. The van der Waals surface area contributed by atoms with Gasteiger partial charge in [-0.2, -0.15) is 0 Å². The van der Waals surface area contributed by atoms with E-state index in [1.54, 1.807) is 11.9 Å². The molecule has 18 heavy (non-hydrogen) atoms. The van der Waals surface area contributed by atoms with Crippen molar-refractivity contribution in [1.82, 2.24) is 9.80 Å². The number of aliphatic carboxylic acids is 2. The summed E-state index contributed by atoms with van der Waals surface area (Å²) >= 11 is 0. The summed E-state index contributed by atoms with van der Waals surface area (Å²) in [6.45, 7) is 2.66. The van der Waals surface area contributed by atoms with E-state index in [4.69, 9.17) is 10.2 Å². The normalized spacial score (nSPS) is 22.9. The van der Waals surface area contributed by atoms with Crippen molar-refractivity contribution in [3.8, 4) is 0 Å². The van der Waals surface area contributed by atoms with Gasteiger partial charge in [0, 0.05) is 13.1 Å². The fourth-order valence-electron chi connectivity index (χ4n) is 2.55. The average Bonchev–Trinajstić information content (AvgIpc) is 2.25. The van der Waals surface area contributed by atoms with Crippen LogP contribution in [0.4, 0.5) is 0 Å². The van der Waals surface area contributed by atoms with E-state index in [0.29, 0.717) is 12.5 Å². The van der Waals surface area contributed by atoms with Gasteiger partial charge in [0.25, 0.3) is 0 Å². The Hall–Kier alpha value is -1.14. The zero-order valence-electron chi connectivity index (χ0n) is 11.0. The van der Waals surface area contributed by atoms with Crippen molar-refractivity contribution in [2.24, 2.45) is 5.92 Å². The smallest absolute Gasteiger partial charge is 0.321 e. The SMILES string of the molecule is CN1CCCC(CN(C)C(CC(=O)O)C(=O)O)C1. The van der Waals surface area contributed by atoms with Gasteiger partial charge in [-0.05, 0) is 39.4 Å². The molecule has 0 saturated carbocycles. The Morgan fingerprint density at radius 1 is 1.44 bits per heavy atom. The monoisotopic (exact) mass is 258 g/mol. The molecule has 1 saturated heterocycles. The zero-order valence-corrected chi connectivity index (χ0v) is 11.0. The maximum absolute atomic E-state index is 11.1. The highest BCUT2D eigenvalue weighted by Gasteiger charge is 2.28. The summed E-state index contributed by atoms with van der Waals surface area (Å²) in [7, 11) is 3.74. The lowest BCUT2D eigenvalue weighted by Crippen LogP contribution is -2.45. The van der Waals surface area contributed by atoms with Gasteiger partial charge in [0.1, 0.15) is 6.04 Å². The van der Waals surface area contributed by atoms with Gasteiger partial charge in [0.05, 0.1) is 6.42 Å². The van der Waals surface area contributed by atoms with Gasteiger partial charge in [-0.3, -0.25) is 14.5 Å². The zero-order chi connectivity index (χ0) is 13.7. The van der Waals surface area contributed by atoms with Gasteiger partial charge in [-0.1, -0.05) is 0 Å². The highest BCUT2D eigenvalue weighted by Crippen LogP contribution is 2.17. The van der Waals surface area contributed by atoms with Gasteiger partial charge in [-0.15, -0.1) is 0 Å². The number of likely N-dealkylation sites (N-methyl/N-ethyl adjacent to an activating group) is 1. The largest absolute Gasteiger partial charge is 0.481 e. The van der Waals surface area contributed by atoms with Crippen LogP contribution in [0.3, 0.4) is 0 Å². The average molecular weight is 258 g/mol. The summed E-state index contributed by atoms with van der Waals surface area (Å²) in [4.78, 5) is 25.6. The van der Waals surface area contributed by atoms with E-state index >= 15 is 0 Å². The van der Waals surface area contributed by atoms with E-state index < -0.39 is 18.0 Å². The topological polar surface area (TPSA) is 81.1 Å². The molecule has 0 radical (unpaired) electrons. The second-order valence-corrected chi connectivity index (χ2v) is 5.16. The van der Waals surface area contributed by atoms with Crippen LogP contribution < -0.4 is 0 Å². The molecule has 1 heterocycles. The van der Waals surface area contributed by atoms with Gasteiger partial charge >= 0.3 is 11.9 Å². The molecule has 0 amide bonds. The Morgan fingerprint density at radius 3 is 2.61 bits per heavy atom. The molecule has 6 heteroatoms. The number of hydrogen-bond donors (Lipinski definition) is 2. The van der Waals surface area contributed by atoms with Crippen molar-refractivity contribution in [2.75, 3.05) is 33.7 Å². The number of likely N-dealkylation sites (tertiary alicyclic amines) is 1. The van der Waals surface area contributed by atoms with Crippen LogP contribution in [0.25, 0.3) is 0 Å². The second-order valence-electron chi connectivity index (χ2n) is 5.16. The number of carboxylic acid groups (broad SMARTS) is 2. The van der Waals surface area contributed by atoms with E-state index in [2.05, 4.69) is 11.9 Å². The van der Waals surface area contributed by atoms with Crippen LogP contribution in [0.15, 0.2) is 0 Å². The van der Waals surface area contributed by atoms with Crippen LogP contribution in [-0.2, 0) is 9.59 Å². The minimum Gasteiger partial charge on any atom is -0.481 e. The first-order valence-corrected chi connectivity index (χ1v) is 6.23. The quantitative estimate of drug-likeness (QED) is 0.708. The number of piperidine rings is 1. The van der Waals surface area contributed by atoms with Crippen LogP contribution in [0.1, 0.15) is 19.3 Å². The van der Waals surface area contributed by atoms with Gasteiger partial charge in [0.2, 0.25) is 0 Å². The van der Waals surface area contributed by atoms with Crippen molar-refractivity contribution in [3.63, 3.8) is 0 Å². The Morgan fingerprint density at radius 2 is 2.11 bits per heavy atom. The molecule has 1 rings (SSSR count). The minimum absolute atomic E-state index is 0.353. The molecule has 2 N–H and O–H groups in total. The number of rotatable bonds is 6. The molecule has 1 aliphatic heterocycles. The fraction of sp³-hybridized carbons (Fsp3) is 0.833. The third kappa shape index (κ3) is 4.62. The highest BCUT2D eigenvalue weighted by molar-refractivity contribution is 5.80. The molecule has 0 spiro atoms. The fourth-order valence-corrected chi connectivity index (χ4v) is 2.55. The molecule has 6 nitrogen and oxygen atoms in total. The Labute approximate surface area is 107 Å². The van der Waals surface area contributed by atoms with Gasteiger partial charge in [-0.25, -0.2) is 0 Å². The van der Waals surface area contributed by atoms with Crippen LogP contribution in [0, 0.1) is 5.92 Å². The first-order valence-electron chi connectivity index (χ1n) is 6.23. The Balaban J connectivity index is 2.52. The lowest BCUT2D eigenvalue weighted by atomic mass is 9.97. The summed E-state index contributed by atoms with van der Waals surface area (Å²) in [6, 6.07) is -0.935. The van der Waals surface area contributed by atoms with E-state index in [-0.39, 0.29) is 6.42 Å². The van der Waals surface area contributed by atoms with E-state index in [1.807, 2.05) is 0 Å². The maximum Gasteiger partial charge on any atom is 0.321 e. The minimum atomic E-state index is -1.07.